The van der Waals surface area contributed by atoms with E-state index < -0.39 is 17.2 Å². The van der Waals surface area contributed by atoms with Crippen LogP contribution >= 0.6 is 0 Å². The number of imidazole rings is 1. The number of benzene rings is 1. The summed E-state index contributed by atoms with van der Waals surface area (Å²) in [6.45, 7) is 14.6. The number of carbonyl (C=O) groups is 1. The lowest BCUT2D eigenvalue weighted by atomic mass is 9.88. The highest BCUT2D eigenvalue weighted by molar-refractivity contribution is 5.83. The van der Waals surface area contributed by atoms with Gasteiger partial charge in [-0.1, -0.05) is 6.07 Å². The summed E-state index contributed by atoms with van der Waals surface area (Å²) >= 11 is 0. The van der Waals surface area contributed by atoms with Gasteiger partial charge in [0.15, 0.2) is 11.6 Å². The Morgan fingerprint density at radius 1 is 1.05 bits per heavy atom. The summed E-state index contributed by atoms with van der Waals surface area (Å²) in [6.07, 6.45) is 2.42. The smallest absolute Gasteiger partial charge is 0.410 e. The molecule has 3 aromatic heterocycles. The van der Waals surface area contributed by atoms with Crippen molar-refractivity contribution < 1.29 is 18.3 Å². The lowest BCUT2D eigenvalue weighted by molar-refractivity contribution is 0.0204. The van der Waals surface area contributed by atoms with Gasteiger partial charge < -0.3 is 19.5 Å². The molecule has 1 fully saturated rings. The molecule has 4 aromatic rings. The number of aryl methyl sites for hydroxylation is 2. The number of hydrogen-bond donors (Lipinski definition) is 1. The van der Waals surface area contributed by atoms with Gasteiger partial charge in [-0.25, -0.2) is 33.5 Å². The van der Waals surface area contributed by atoms with Gasteiger partial charge in [0.05, 0.1) is 11.7 Å². The molecule has 0 saturated carbocycles. The molecule has 0 bridgehead atoms. The van der Waals surface area contributed by atoms with Gasteiger partial charge in [-0.15, -0.1) is 0 Å². The molecular formula is C31H37F2N7O2. The monoisotopic (exact) mass is 577 g/mol. The number of aromatic nitrogens is 5. The van der Waals surface area contributed by atoms with E-state index in [2.05, 4.69) is 20.3 Å². The van der Waals surface area contributed by atoms with E-state index in [1.807, 2.05) is 65.2 Å². The first-order chi connectivity index (χ1) is 19.8. The van der Waals surface area contributed by atoms with Crippen LogP contribution in [0, 0.1) is 25.5 Å². The molecule has 0 atom stereocenters. The van der Waals surface area contributed by atoms with E-state index in [0.717, 1.165) is 30.3 Å². The third kappa shape index (κ3) is 6.05. The molecule has 5 rings (SSSR count). The Kier molecular flexibility index (Phi) is 7.87. The number of halogens is 2. The second kappa shape index (κ2) is 11.3. The van der Waals surface area contributed by atoms with Crippen molar-refractivity contribution in [2.75, 3.05) is 18.4 Å². The quantitative estimate of drug-likeness (QED) is 0.267. The summed E-state index contributed by atoms with van der Waals surface area (Å²) in [5.41, 5.74) is 2.54. The molecule has 1 saturated heterocycles. The summed E-state index contributed by atoms with van der Waals surface area (Å²) < 4.78 is 37.4. The fourth-order valence-corrected chi connectivity index (χ4v) is 5.57. The number of nitrogens with one attached hydrogen (secondary N) is 1. The number of hydrogen-bond acceptors (Lipinski definition) is 7. The van der Waals surface area contributed by atoms with E-state index in [1.54, 1.807) is 11.0 Å². The zero-order valence-corrected chi connectivity index (χ0v) is 25.1. The molecule has 4 heterocycles. The number of anilines is 2. The lowest BCUT2D eigenvalue weighted by Gasteiger charge is -2.34. The topological polar surface area (TPSA) is 98.1 Å². The van der Waals surface area contributed by atoms with Crippen LogP contribution in [0.4, 0.5) is 25.3 Å². The lowest BCUT2D eigenvalue weighted by Crippen LogP contribution is -2.41. The second-order valence-electron chi connectivity index (χ2n) is 12.1. The third-order valence-electron chi connectivity index (χ3n) is 7.41. The predicted octanol–water partition coefficient (Wildman–Crippen LogP) is 7.22. The molecular weight excluding hydrogens is 540 g/mol. The summed E-state index contributed by atoms with van der Waals surface area (Å²) in [4.78, 5) is 31.7. The van der Waals surface area contributed by atoms with Crippen LogP contribution in [-0.4, -0.2) is 54.2 Å². The van der Waals surface area contributed by atoms with E-state index in [0.29, 0.717) is 35.8 Å². The number of pyridine rings is 1. The molecule has 0 unspecified atom stereocenters. The minimum Gasteiger partial charge on any atom is -0.444 e. The number of likely N-dealkylation sites (tertiary alicyclic amines) is 1. The molecule has 0 radical (unpaired) electrons. The van der Waals surface area contributed by atoms with Gasteiger partial charge in [-0.3, -0.25) is 0 Å². The van der Waals surface area contributed by atoms with Gasteiger partial charge in [0.2, 0.25) is 5.95 Å². The third-order valence-corrected chi connectivity index (χ3v) is 7.41. The Morgan fingerprint density at radius 3 is 2.40 bits per heavy atom. The average molecular weight is 578 g/mol. The largest absolute Gasteiger partial charge is 0.444 e. The maximum Gasteiger partial charge on any atom is 0.410 e. The van der Waals surface area contributed by atoms with Gasteiger partial charge in [-0.05, 0) is 91.0 Å². The van der Waals surface area contributed by atoms with Crippen LogP contribution in [0.1, 0.15) is 76.5 Å². The first-order valence-electron chi connectivity index (χ1n) is 14.2. The zero-order valence-electron chi connectivity index (χ0n) is 25.1. The van der Waals surface area contributed by atoms with Crippen LogP contribution in [0.5, 0.6) is 0 Å². The van der Waals surface area contributed by atoms with E-state index in [9.17, 15) is 9.18 Å². The number of nitrogens with zero attached hydrogens (tertiary/aromatic N) is 6. The minimum absolute atomic E-state index is 0.0208. The average Bonchev–Trinajstić information content (AvgIpc) is 3.25. The van der Waals surface area contributed by atoms with Crippen molar-refractivity contribution >= 4 is 28.9 Å². The van der Waals surface area contributed by atoms with Crippen molar-refractivity contribution in [3.63, 3.8) is 0 Å². The fourth-order valence-electron chi connectivity index (χ4n) is 5.57. The first kappa shape index (κ1) is 29.3. The van der Waals surface area contributed by atoms with Gasteiger partial charge in [-0.2, -0.15) is 0 Å². The van der Waals surface area contributed by atoms with E-state index in [-0.39, 0.29) is 35.2 Å². The molecule has 1 aliphatic heterocycles. The molecule has 9 nitrogen and oxygen atoms in total. The van der Waals surface area contributed by atoms with Gasteiger partial charge >= 0.3 is 6.09 Å². The summed E-state index contributed by atoms with van der Waals surface area (Å²) in [7, 11) is 0. The zero-order chi connectivity index (χ0) is 30.3. The van der Waals surface area contributed by atoms with E-state index in [1.165, 1.54) is 6.07 Å². The van der Waals surface area contributed by atoms with Crippen LogP contribution in [0.2, 0.25) is 0 Å². The molecule has 1 aliphatic rings. The van der Waals surface area contributed by atoms with Crippen LogP contribution in [-0.2, 0) is 4.74 Å². The Hall–Kier alpha value is -4.15. The summed E-state index contributed by atoms with van der Waals surface area (Å²) in [5, 5.41) is 3.06. The standard InChI is InChI=1S/C31H37F2N7O2/c1-17(2)40-19(4)36-28-23(32)14-21(15-25(28)40)27-24(33)16-34-29(38-27)37-26-9-8-22(18(3)35-26)20-10-12-39(13-11-20)30(41)42-31(5,6)7/h8-9,14-17,20H,10-13H2,1-7H3,(H,34,35,37,38). The Bertz CT molecular complexity index is 1640. The van der Waals surface area contributed by atoms with Crippen LogP contribution in [0.15, 0.2) is 30.5 Å². The number of rotatable bonds is 5. The molecule has 11 heteroatoms. The van der Waals surface area contributed by atoms with Crippen molar-refractivity contribution in [3.8, 4) is 11.3 Å². The number of piperidine rings is 1. The maximum atomic E-state index is 15.0. The highest BCUT2D eigenvalue weighted by atomic mass is 19.1. The SMILES string of the molecule is Cc1nc(Nc2ncc(F)c(-c3cc(F)c4nc(C)n(C(C)C)c4c3)n2)ccc1C1CCN(C(=O)OC(C)(C)C)CC1. The summed E-state index contributed by atoms with van der Waals surface area (Å²) in [5.74, 6) is 0.402. The number of ether oxygens (including phenoxy) is 1. The van der Waals surface area contributed by atoms with Crippen LogP contribution in [0.25, 0.3) is 22.3 Å². The van der Waals surface area contributed by atoms with Crippen molar-refractivity contribution in [1.82, 2.24) is 29.4 Å². The highest BCUT2D eigenvalue weighted by Crippen LogP contribution is 2.33. The first-order valence-corrected chi connectivity index (χ1v) is 14.2. The van der Waals surface area contributed by atoms with Crippen molar-refractivity contribution in [1.29, 1.82) is 0 Å². The van der Waals surface area contributed by atoms with Crippen LogP contribution in [0.3, 0.4) is 0 Å². The number of amides is 1. The Balaban J connectivity index is 1.33. The van der Waals surface area contributed by atoms with Crippen molar-refractivity contribution in [3.05, 3.63) is 59.2 Å². The maximum absolute atomic E-state index is 15.0. The highest BCUT2D eigenvalue weighted by Gasteiger charge is 2.28. The Morgan fingerprint density at radius 2 is 1.76 bits per heavy atom. The van der Waals surface area contributed by atoms with Crippen molar-refractivity contribution in [2.45, 2.75) is 78.9 Å². The summed E-state index contributed by atoms with van der Waals surface area (Å²) in [6, 6.07) is 6.86. The molecule has 1 amide bonds. The fraction of sp³-hybridized carbons (Fsp3) is 0.452. The van der Waals surface area contributed by atoms with Gasteiger partial charge in [0.1, 0.15) is 28.5 Å². The van der Waals surface area contributed by atoms with E-state index >= 15 is 4.39 Å². The Labute approximate surface area is 244 Å². The molecule has 42 heavy (non-hydrogen) atoms. The number of carbonyl (C=O) groups excluding carboxylic acids is 1. The molecule has 1 N–H and O–H groups in total. The molecule has 222 valence electrons. The minimum atomic E-state index is -0.663. The van der Waals surface area contributed by atoms with E-state index in [4.69, 9.17) is 9.72 Å². The molecule has 0 aliphatic carbocycles. The van der Waals surface area contributed by atoms with Gasteiger partial charge in [0, 0.05) is 30.4 Å². The molecule has 0 spiro atoms. The normalized spacial score (nSPS) is 14.6. The van der Waals surface area contributed by atoms with Crippen LogP contribution < -0.4 is 5.32 Å². The van der Waals surface area contributed by atoms with Crippen molar-refractivity contribution in [2.24, 2.45) is 0 Å². The number of fused-ring (bicyclic) bond motifs is 1. The second-order valence-corrected chi connectivity index (χ2v) is 12.1. The predicted molar refractivity (Wildman–Crippen MR) is 158 cm³/mol. The van der Waals surface area contributed by atoms with Gasteiger partial charge in [0.25, 0.3) is 0 Å². The molecule has 1 aromatic carbocycles.